The summed E-state index contributed by atoms with van der Waals surface area (Å²) in [5, 5.41) is 6.45. The minimum atomic E-state index is 0.794. The van der Waals surface area contributed by atoms with Crippen molar-refractivity contribution >= 4 is 11.6 Å². The first-order chi connectivity index (χ1) is 6.69. The summed E-state index contributed by atoms with van der Waals surface area (Å²) in [7, 11) is 0. The maximum atomic E-state index is 4.34. The highest BCUT2D eigenvalue weighted by molar-refractivity contribution is 5.57. The van der Waals surface area contributed by atoms with Crippen molar-refractivity contribution in [1.29, 1.82) is 0 Å². The third kappa shape index (κ3) is 2.34. The Labute approximate surface area is 85.2 Å². The number of nitrogens with one attached hydrogen (secondary N) is 2. The Morgan fingerprint density at radius 2 is 1.36 bits per heavy atom. The van der Waals surface area contributed by atoms with Crippen LogP contribution in [0.3, 0.4) is 0 Å². The molecule has 1 aromatic heterocycles. The predicted molar refractivity (Wildman–Crippen MR) is 59.8 cm³/mol. The molecular weight excluding hydrogens is 176 g/mol. The zero-order chi connectivity index (χ0) is 10.6. The van der Waals surface area contributed by atoms with E-state index in [9.17, 15) is 0 Å². The number of aromatic nitrogens is 2. The first kappa shape index (κ1) is 10.8. The number of anilines is 2. The van der Waals surface area contributed by atoms with Crippen LogP contribution in [0.2, 0.25) is 0 Å². The minimum absolute atomic E-state index is 0.794. The van der Waals surface area contributed by atoms with Gasteiger partial charge >= 0.3 is 0 Å². The van der Waals surface area contributed by atoms with Crippen LogP contribution in [0.4, 0.5) is 11.6 Å². The number of rotatable bonds is 4. The summed E-state index contributed by atoms with van der Waals surface area (Å²) in [5.74, 6) is 2.65. The maximum absolute atomic E-state index is 4.34. The fourth-order valence-corrected chi connectivity index (χ4v) is 1.31. The van der Waals surface area contributed by atoms with Crippen LogP contribution in [-0.2, 0) is 0 Å². The van der Waals surface area contributed by atoms with Crippen molar-refractivity contribution in [3.8, 4) is 0 Å². The number of nitrogens with zero attached hydrogens (tertiary/aromatic N) is 2. The van der Waals surface area contributed by atoms with Gasteiger partial charge in [-0.25, -0.2) is 9.97 Å². The topological polar surface area (TPSA) is 49.8 Å². The van der Waals surface area contributed by atoms with E-state index in [1.165, 1.54) is 0 Å². The van der Waals surface area contributed by atoms with Gasteiger partial charge in [-0.1, -0.05) is 0 Å². The lowest BCUT2D eigenvalue weighted by Gasteiger charge is -2.12. The molecule has 1 heterocycles. The third-order valence-corrected chi connectivity index (χ3v) is 1.95. The van der Waals surface area contributed by atoms with E-state index in [1.807, 2.05) is 13.8 Å². The molecule has 0 fully saturated rings. The van der Waals surface area contributed by atoms with E-state index in [0.29, 0.717) is 0 Å². The summed E-state index contributed by atoms with van der Waals surface area (Å²) in [6.07, 6.45) is 0. The van der Waals surface area contributed by atoms with Gasteiger partial charge in [0.1, 0.15) is 17.5 Å². The van der Waals surface area contributed by atoms with Crippen LogP contribution in [0.25, 0.3) is 0 Å². The van der Waals surface area contributed by atoms with Gasteiger partial charge in [-0.3, -0.25) is 0 Å². The molecule has 4 nitrogen and oxygen atoms in total. The van der Waals surface area contributed by atoms with Gasteiger partial charge in [0.2, 0.25) is 0 Å². The summed E-state index contributed by atoms with van der Waals surface area (Å²) in [5.41, 5.74) is 1.08. The lowest BCUT2D eigenvalue weighted by Crippen LogP contribution is -2.09. The number of hydrogen-bond acceptors (Lipinski definition) is 4. The Morgan fingerprint density at radius 3 is 1.71 bits per heavy atom. The quantitative estimate of drug-likeness (QED) is 0.769. The van der Waals surface area contributed by atoms with Gasteiger partial charge in [-0.05, 0) is 27.7 Å². The van der Waals surface area contributed by atoms with E-state index in [4.69, 9.17) is 0 Å². The predicted octanol–water partition coefficient (Wildman–Crippen LogP) is 1.96. The molecule has 0 saturated carbocycles. The molecule has 78 valence electrons. The fourth-order valence-electron chi connectivity index (χ4n) is 1.31. The largest absolute Gasteiger partial charge is 0.370 e. The second-order valence-electron chi connectivity index (χ2n) is 3.15. The molecule has 0 saturated heterocycles. The Balaban J connectivity index is 3.04. The molecule has 0 unspecified atom stereocenters. The van der Waals surface area contributed by atoms with Gasteiger partial charge in [-0.2, -0.15) is 0 Å². The molecule has 0 spiro atoms. The molecule has 2 N–H and O–H groups in total. The van der Waals surface area contributed by atoms with Crippen molar-refractivity contribution in [2.45, 2.75) is 27.7 Å². The second kappa shape index (κ2) is 4.79. The zero-order valence-electron chi connectivity index (χ0n) is 9.31. The molecule has 0 aromatic carbocycles. The van der Waals surface area contributed by atoms with Crippen LogP contribution in [0.5, 0.6) is 0 Å². The van der Waals surface area contributed by atoms with Crippen LogP contribution in [-0.4, -0.2) is 23.1 Å². The summed E-state index contributed by atoms with van der Waals surface area (Å²) >= 11 is 0. The molecule has 14 heavy (non-hydrogen) atoms. The van der Waals surface area contributed by atoms with Crippen LogP contribution < -0.4 is 10.6 Å². The first-order valence-electron chi connectivity index (χ1n) is 5.02. The lowest BCUT2D eigenvalue weighted by atomic mass is 10.3. The smallest absolute Gasteiger partial charge is 0.134 e. The molecule has 0 radical (unpaired) electrons. The van der Waals surface area contributed by atoms with Crippen molar-refractivity contribution in [2.24, 2.45) is 0 Å². The van der Waals surface area contributed by atoms with Gasteiger partial charge in [0, 0.05) is 18.7 Å². The normalized spacial score (nSPS) is 10.0. The van der Waals surface area contributed by atoms with Crippen molar-refractivity contribution in [2.75, 3.05) is 23.7 Å². The molecule has 0 bridgehead atoms. The lowest BCUT2D eigenvalue weighted by molar-refractivity contribution is 1.00. The zero-order valence-corrected chi connectivity index (χ0v) is 9.31. The van der Waals surface area contributed by atoms with Gasteiger partial charge < -0.3 is 10.6 Å². The molecule has 1 rings (SSSR count). The summed E-state index contributed by atoms with van der Waals surface area (Å²) in [6.45, 7) is 9.80. The highest BCUT2D eigenvalue weighted by atomic mass is 15.1. The summed E-state index contributed by atoms with van der Waals surface area (Å²) < 4.78 is 0. The Kier molecular flexibility index (Phi) is 3.68. The first-order valence-corrected chi connectivity index (χ1v) is 5.02. The standard InChI is InChI=1S/C10H18N4/c1-5-11-9-7(3)10(12-6-2)14-8(4)13-9/h5-6H2,1-4H3,(H2,11,12,13,14). The SMILES string of the molecule is CCNc1nc(C)nc(NCC)c1C. The molecule has 0 amide bonds. The Morgan fingerprint density at radius 1 is 0.929 bits per heavy atom. The Bertz CT molecular complexity index is 282. The van der Waals surface area contributed by atoms with E-state index in [-0.39, 0.29) is 0 Å². The molecule has 0 aliphatic heterocycles. The average Bonchev–Trinajstić information content (AvgIpc) is 2.14. The van der Waals surface area contributed by atoms with Crippen LogP contribution in [0, 0.1) is 13.8 Å². The van der Waals surface area contributed by atoms with E-state index in [0.717, 1.165) is 36.1 Å². The van der Waals surface area contributed by atoms with E-state index < -0.39 is 0 Å². The van der Waals surface area contributed by atoms with Crippen molar-refractivity contribution in [1.82, 2.24) is 9.97 Å². The highest BCUT2D eigenvalue weighted by Gasteiger charge is 2.06. The van der Waals surface area contributed by atoms with E-state index in [1.54, 1.807) is 0 Å². The van der Waals surface area contributed by atoms with Gasteiger partial charge in [0.05, 0.1) is 0 Å². The third-order valence-electron chi connectivity index (χ3n) is 1.95. The molecule has 4 heteroatoms. The number of hydrogen-bond donors (Lipinski definition) is 2. The average molecular weight is 194 g/mol. The van der Waals surface area contributed by atoms with Gasteiger partial charge in [-0.15, -0.1) is 0 Å². The molecule has 0 aliphatic rings. The fraction of sp³-hybridized carbons (Fsp3) is 0.600. The second-order valence-corrected chi connectivity index (χ2v) is 3.15. The molecule has 0 aliphatic carbocycles. The molecule has 0 atom stereocenters. The van der Waals surface area contributed by atoms with Crippen molar-refractivity contribution < 1.29 is 0 Å². The maximum Gasteiger partial charge on any atom is 0.134 e. The van der Waals surface area contributed by atoms with E-state index >= 15 is 0 Å². The highest BCUT2D eigenvalue weighted by Crippen LogP contribution is 2.19. The molecule has 1 aromatic rings. The van der Waals surface area contributed by atoms with Gasteiger partial charge in [0.15, 0.2) is 0 Å². The minimum Gasteiger partial charge on any atom is -0.370 e. The van der Waals surface area contributed by atoms with Crippen molar-refractivity contribution in [3.63, 3.8) is 0 Å². The van der Waals surface area contributed by atoms with Crippen molar-refractivity contribution in [3.05, 3.63) is 11.4 Å². The number of aryl methyl sites for hydroxylation is 1. The van der Waals surface area contributed by atoms with Gasteiger partial charge in [0.25, 0.3) is 0 Å². The van der Waals surface area contributed by atoms with Crippen LogP contribution >= 0.6 is 0 Å². The van der Waals surface area contributed by atoms with Crippen LogP contribution in [0.15, 0.2) is 0 Å². The monoisotopic (exact) mass is 194 g/mol. The molecular formula is C10H18N4. The summed E-state index contributed by atoms with van der Waals surface area (Å²) in [4.78, 5) is 8.69. The summed E-state index contributed by atoms with van der Waals surface area (Å²) in [6, 6.07) is 0. The van der Waals surface area contributed by atoms with E-state index in [2.05, 4.69) is 34.4 Å². The van der Waals surface area contributed by atoms with Crippen LogP contribution in [0.1, 0.15) is 25.2 Å². The Hall–Kier alpha value is -1.32.